The van der Waals surface area contributed by atoms with Crippen LogP contribution >= 0.6 is 0 Å². The molecule has 0 heteroatoms. The van der Waals surface area contributed by atoms with Crippen molar-refractivity contribution in [1.82, 2.24) is 0 Å². The molecule has 0 aromatic rings. The first kappa shape index (κ1) is 13.1. The molecule has 1 rings (SSSR count). The Hall–Kier alpha value is 0. The lowest BCUT2D eigenvalue weighted by Gasteiger charge is -2.36. The first-order chi connectivity index (χ1) is 7.23. The molecule has 90 valence electrons. The third-order valence-corrected chi connectivity index (χ3v) is 4.96. The maximum Gasteiger partial charge on any atom is -0.0303 e. The highest BCUT2D eigenvalue weighted by Gasteiger charge is 2.29. The van der Waals surface area contributed by atoms with Crippen LogP contribution in [0.2, 0.25) is 0 Å². The van der Waals surface area contributed by atoms with Gasteiger partial charge in [-0.3, -0.25) is 0 Å². The van der Waals surface area contributed by atoms with Crippen LogP contribution in [0.5, 0.6) is 0 Å². The van der Waals surface area contributed by atoms with Gasteiger partial charge in [0.2, 0.25) is 0 Å². The van der Waals surface area contributed by atoms with Gasteiger partial charge in [-0.05, 0) is 24.2 Å². The van der Waals surface area contributed by atoms with Gasteiger partial charge < -0.3 is 0 Å². The molecule has 1 fully saturated rings. The van der Waals surface area contributed by atoms with Gasteiger partial charge in [0.05, 0.1) is 0 Å². The Balaban J connectivity index is 2.54. The predicted molar refractivity (Wildman–Crippen MR) is 69.1 cm³/mol. The Morgan fingerprint density at radius 3 is 1.60 bits per heavy atom. The first-order valence-electron chi connectivity index (χ1n) is 7.23. The molecular weight excluding hydrogens is 180 g/mol. The fourth-order valence-corrected chi connectivity index (χ4v) is 3.16. The zero-order valence-corrected chi connectivity index (χ0v) is 11.1. The molecule has 0 bridgehead atoms. The van der Waals surface area contributed by atoms with E-state index in [1.54, 1.807) is 0 Å². The fourth-order valence-electron chi connectivity index (χ4n) is 3.16. The summed E-state index contributed by atoms with van der Waals surface area (Å²) in [7, 11) is 0. The van der Waals surface area contributed by atoms with E-state index in [4.69, 9.17) is 0 Å². The van der Waals surface area contributed by atoms with Gasteiger partial charge in [-0.1, -0.05) is 72.1 Å². The van der Waals surface area contributed by atoms with E-state index >= 15 is 0 Å². The summed E-state index contributed by atoms with van der Waals surface area (Å²) in [5.74, 6) is 1.01. The average molecular weight is 210 g/mol. The summed E-state index contributed by atoms with van der Waals surface area (Å²) in [6.07, 6.45) is 14.7. The molecule has 0 unspecified atom stereocenters. The lowest BCUT2D eigenvalue weighted by atomic mass is 9.69. The second-order valence-electron chi connectivity index (χ2n) is 5.76. The van der Waals surface area contributed by atoms with Crippen LogP contribution in [0.15, 0.2) is 0 Å². The molecule has 0 nitrogen and oxygen atoms in total. The van der Waals surface area contributed by atoms with Gasteiger partial charge in [0.25, 0.3) is 0 Å². The zero-order valence-electron chi connectivity index (χ0n) is 11.1. The Bertz CT molecular complexity index is 145. The van der Waals surface area contributed by atoms with Gasteiger partial charge in [-0.15, -0.1) is 0 Å². The number of rotatable bonds is 3. The van der Waals surface area contributed by atoms with Crippen molar-refractivity contribution in [1.29, 1.82) is 0 Å². The van der Waals surface area contributed by atoms with Gasteiger partial charge in [0, 0.05) is 0 Å². The van der Waals surface area contributed by atoms with Crippen molar-refractivity contribution in [3.05, 3.63) is 0 Å². The van der Waals surface area contributed by atoms with E-state index < -0.39 is 0 Å². The van der Waals surface area contributed by atoms with E-state index in [1.807, 2.05) is 0 Å². The highest BCUT2D eigenvalue weighted by atomic mass is 14.3. The van der Waals surface area contributed by atoms with Gasteiger partial charge in [0.15, 0.2) is 0 Å². The molecule has 1 saturated carbocycles. The summed E-state index contributed by atoms with van der Waals surface area (Å²) >= 11 is 0. The summed E-state index contributed by atoms with van der Waals surface area (Å²) in [6.45, 7) is 7.29. The van der Waals surface area contributed by atoms with Crippen molar-refractivity contribution in [3.8, 4) is 0 Å². The molecule has 1 aliphatic carbocycles. The molecule has 0 spiro atoms. The standard InChI is InChI=1S/C15H30/c1-4-15(3,5-2)14-12-10-8-6-7-9-11-13-14/h14H,4-13H2,1-3H3. The van der Waals surface area contributed by atoms with Crippen molar-refractivity contribution in [3.63, 3.8) is 0 Å². The van der Waals surface area contributed by atoms with Crippen molar-refractivity contribution in [2.45, 2.75) is 85.0 Å². The molecule has 0 aromatic carbocycles. The fraction of sp³-hybridized carbons (Fsp3) is 1.00. The Kier molecular flexibility index (Phi) is 5.71. The Morgan fingerprint density at radius 2 is 1.20 bits per heavy atom. The van der Waals surface area contributed by atoms with Crippen LogP contribution in [0, 0.1) is 11.3 Å². The van der Waals surface area contributed by atoms with Gasteiger partial charge in [0.1, 0.15) is 0 Å². The highest BCUT2D eigenvalue weighted by Crippen LogP contribution is 2.41. The summed E-state index contributed by atoms with van der Waals surface area (Å²) in [4.78, 5) is 0. The third kappa shape index (κ3) is 3.81. The van der Waals surface area contributed by atoms with Crippen LogP contribution in [-0.4, -0.2) is 0 Å². The molecule has 0 radical (unpaired) electrons. The lowest BCUT2D eigenvalue weighted by Crippen LogP contribution is -2.26. The number of hydrogen-bond donors (Lipinski definition) is 0. The van der Waals surface area contributed by atoms with Crippen LogP contribution in [0.4, 0.5) is 0 Å². The Labute approximate surface area is 96.8 Å². The van der Waals surface area contributed by atoms with E-state index in [1.165, 1.54) is 64.2 Å². The maximum atomic E-state index is 2.52. The second kappa shape index (κ2) is 6.55. The minimum Gasteiger partial charge on any atom is -0.0649 e. The second-order valence-corrected chi connectivity index (χ2v) is 5.76. The van der Waals surface area contributed by atoms with Crippen LogP contribution in [-0.2, 0) is 0 Å². The minimum atomic E-state index is 0.629. The van der Waals surface area contributed by atoms with Crippen molar-refractivity contribution < 1.29 is 0 Å². The molecule has 1 aliphatic rings. The molecule has 0 atom stereocenters. The van der Waals surface area contributed by atoms with Crippen molar-refractivity contribution in [2.75, 3.05) is 0 Å². The number of hydrogen-bond acceptors (Lipinski definition) is 0. The lowest BCUT2D eigenvalue weighted by molar-refractivity contribution is 0.143. The van der Waals surface area contributed by atoms with Gasteiger partial charge in [-0.2, -0.15) is 0 Å². The molecule has 0 amide bonds. The monoisotopic (exact) mass is 210 g/mol. The summed E-state index contributed by atoms with van der Waals surface area (Å²) in [6, 6.07) is 0. The zero-order chi connectivity index (χ0) is 11.1. The van der Waals surface area contributed by atoms with E-state index in [9.17, 15) is 0 Å². The highest BCUT2D eigenvalue weighted by molar-refractivity contribution is 4.80. The van der Waals surface area contributed by atoms with E-state index in [0.717, 1.165) is 5.92 Å². The summed E-state index contributed by atoms with van der Waals surface area (Å²) in [5, 5.41) is 0. The quantitative estimate of drug-likeness (QED) is 0.572. The molecule has 0 N–H and O–H groups in total. The Morgan fingerprint density at radius 1 is 0.800 bits per heavy atom. The van der Waals surface area contributed by atoms with Crippen LogP contribution in [0.25, 0.3) is 0 Å². The van der Waals surface area contributed by atoms with Crippen molar-refractivity contribution >= 4 is 0 Å². The van der Waals surface area contributed by atoms with Gasteiger partial charge >= 0.3 is 0 Å². The van der Waals surface area contributed by atoms with Crippen LogP contribution in [0.1, 0.15) is 85.0 Å². The summed E-state index contributed by atoms with van der Waals surface area (Å²) < 4.78 is 0. The molecule has 0 aliphatic heterocycles. The predicted octanol–water partition coefficient (Wildman–Crippen LogP) is 5.56. The van der Waals surface area contributed by atoms with E-state index in [-0.39, 0.29) is 0 Å². The SMILES string of the molecule is CCC(C)(CC)C1CCCCCCCC1. The smallest absolute Gasteiger partial charge is 0.0303 e. The van der Waals surface area contributed by atoms with Crippen LogP contribution < -0.4 is 0 Å². The van der Waals surface area contributed by atoms with Gasteiger partial charge in [-0.25, -0.2) is 0 Å². The topological polar surface area (TPSA) is 0 Å². The molecule has 15 heavy (non-hydrogen) atoms. The molecular formula is C15H30. The molecule has 0 aromatic heterocycles. The molecule has 0 heterocycles. The largest absolute Gasteiger partial charge is 0.0649 e. The van der Waals surface area contributed by atoms with E-state index in [0.29, 0.717) is 5.41 Å². The normalized spacial score (nSPS) is 21.8. The van der Waals surface area contributed by atoms with Crippen LogP contribution in [0.3, 0.4) is 0 Å². The molecule has 0 saturated heterocycles. The maximum absolute atomic E-state index is 2.52. The average Bonchev–Trinajstić information content (AvgIpc) is 2.41. The first-order valence-corrected chi connectivity index (χ1v) is 7.23. The third-order valence-electron chi connectivity index (χ3n) is 4.96. The summed E-state index contributed by atoms with van der Waals surface area (Å²) in [5.41, 5.74) is 0.629. The van der Waals surface area contributed by atoms with Crippen molar-refractivity contribution in [2.24, 2.45) is 11.3 Å². The minimum absolute atomic E-state index is 0.629. The van der Waals surface area contributed by atoms with E-state index in [2.05, 4.69) is 20.8 Å².